The zero-order valence-electron chi connectivity index (χ0n) is 25.9. The van der Waals surface area contributed by atoms with Crippen LogP contribution in [0.2, 0.25) is 0 Å². The summed E-state index contributed by atoms with van der Waals surface area (Å²) in [5.41, 5.74) is 30.9. The van der Waals surface area contributed by atoms with Crippen molar-refractivity contribution in [3.63, 3.8) is 0 Å². The average molecular weight is 656 g/mol. The lowest BCUT2D eigenvalue weighted by atomic mass is 10.1. The molecule has 0 aliphatic carbocycles. The quantitative estimate of drug-likeness (QED) is 0.0424. The van der Waals surface area contributed by atoms with Crippen LogP contribution in [0.25, 0.3) is 0 Å². The molecule has 0 amide bonds. The second kappa shape index (κ2) is 30.0. The van der Waals surface area contributed by atoms with E-state index in [1.54, 1.807) is 0 Å². The second-order valence-electron chi connectivity index (χ2n) is 10.1. The van der Waals surface area contributed by atoms with Gasteiger partial charge in [-0.2, -0.15) is 0 Å². The topological polar surface area (TPSA) is 392 Å². The molecule has 0 rings (SSSR count). The fraction of sp³-hybridized carbons (Fsp3) is 0.731. The van der Waals surface area contributed by atoms with E-state index in [1.807, 2.05) is 13.8 Å². The first kappa shape index (κ1) is 47.8. The molecule has 264 valence electrons. The number of hydrogen-bond acceptors (Lipinski definition) is 11. The van der Waals surface area contributed by atoms with Crippen LogP contribution in [0.4, 0.5) is 0 Å². The first-order valence-electron chi connectivity index (χ1n) is 14.1. The van der Waals surface area contributed by atoms with Crippen LogP contribution in [-0.2, 0) is 28.8 Å². The molecule has 0 fully saturated rings. The maximum Gasteiger partial charge on any atom is 0.320 e. The van der Waals surface area contributed by atoms with Crippen LogP contribution >= 0.6 is 0 Å². The van der Waals surface area contributed by atoms with Gasteiger partial charge in [-0.3, -0.25) is 33.8 Å². The van der Waals surface area contributed by atoms with Crippen molar-refractivity contribution < 1.29 is 59.4 Å². The number of aliphatic carboxylic acids is 6. The summed E-state index contributed by atoms with van der Waals surface area (Å²) >= 11 is 0. The van der Waals surface area contributed by atoms with E-state index in [1.165, 1.54) is 0 Å². The molecule has 0 aromatic carbocycles. The Hall–Kier alpha value is -4.07. The predicted molar refractivity (Wildman–Crippen MR) is 164 cm³/mol. The van der Waals surface area contributed by atoms with Gasteiger partial charge >= 0.3 is 35.8 Å². The molecule has 0 aromatic heterocycles. The molecule has 18 N–H and O–H groups in total. The molecule has 0 aromatic rings. The Morgan fingerprint density at radius 3 is 1.07 bits per heavy atom. The molecule has 0 unspecified atom stereocenters. The molecule has 0 saturated heterocycles. The Morgan fingerprint density at radius 2 is 0.844 bits per heavy atom. The van der Waals surface area contributed by atoms with E-state index >= 15 is 0 Å². The third kappa shape index (κ3) is 42.1. The largest absolute Gasteiger partial charge is 0.481 e. The van der Waals surface area contributed by atoms with Crippen molar-refractivity contribution >= 4 is 41.8 Å². The minimum atomic E-state index is -1.04. The number of carboxylic acids is 6. The summed E-state index contributed by atoms with van der Waals surface area (Å²) in [4.78, 5) is 64.4. The molecule has 4 atom stereocenters. The second-order valence-corrected chi connectivity index (χ2v) is 10.1. The van der Waals surface area contributed by atoms with Gasteiger partial charge in [0.25, 0.3) is 0 Å². The zero-order chi connectivity index (χ0) is 36.1. The highest BCUT2D eigenvalue weighted by Gasteiger charge is 2.13. The third-order valence-corrected chi connectivity index (χ3v) is 5.27. The smallest absolute Gasteiger partial charge is 0.320 e. The van der Waals surface area contributed by atoms with Gasteiger partial charge in [-0.05, 0) is 50.9 Å². The highest BCUT2D eigenvalue weighted by Crippen LogP contribution is 2.03. The Labute approximate surface area is 262 Å². The van der Waals surface area contributed by atoms with Crippen LogP contribution in [-0.4, -0.2) is 103 Å². The van der Waals surface area contributed by atoms with Crippen LogP contribution in [0.5, 0.6) is 0 Å². The van der Waals surface area contributed by atoms with Crippen LogP contribution < -0.4 is 34.4 Å². The lowest BCUT2D eigenvalue weighted by Crippen LogP contribution is -2.31. The number of hydrogen-bond donors (Lipinski definition) is 12. The lowest BCUT2D eigenvalue weighted by Gasteiger charge is -2.07. The summed E-state index contributed by atoms with van der Waals surface area (Å²) in [7, 11) is 0. The van der Waals surface area contributed by atoms with E-state index in [2.05, 4.69) is 4.99 Å². The molecule has 19 nitrogen and oxygen atoms in total. The minimum absolute atomic E-state index is 0.0129. The van der Waals surface area contributed by atoms with Crippen LogP contribution in [0.3, 0.4) is 0 Å². The van der Waals surface area contributed by atoms with Crippen molar-refractivity contribution in [3.05, 3.63) is 0 Å². The van der Waals surface area contributed by atoms with E-state index in [9.17, 15) is 28.8 Å². The highest BCUT2D eigenvalue weighted by molar-refractivity contribution is 5.76. The number of nitrogens with two attached hydrogens (primary N) is 6. The van der Waals surface area contributed by atoms with Gasteiger partial charge in [-0.25, -0.2) is 0 Å². The molecule has 45 heavy (non-hydrogen) atoms. The first-order valence-corrected chi connectivity index (χ1v) is 14.1. The van der Waals surface area contributed by atoms with Gasteiger partial charge in [-0.1, -0.05) is 26.7 Å². The molecule has 0 bridgehead atoms. The lowest BCUT2D eigenvalue weighted by molar-refractivity contribution is -0.139. The fourth-order valence-electron chi connectivity index (χ4n) is 2.78. The van der Waals surface area contributed by atoms with Gasteiger partial charge < -0.3 is 65.0 Å². The molecule has 0 radical (unpaired) electrons. The van der Waals surface area contributed by atoms with Gasteiger partial charge in [0.05, 0.1) is 0 Å². The highest BCUT2D eigenvalue weighted by atomic mass is 16.4. The van der Waals surface area contributed by atoms with Gasteiger partial charge in [0.15, 0.2) is 5.96 Å². The van der Waals surface area contributed by atoms with Gasteiger partial charge in [0.1, 0.15) is 24.2 Å². The average Bonchev–Trinajstić information content (AvgIpc) is 2.91. The summed E-state index contributed by atoms with van der Waals surface area (Å²) < 4.78 is 0. The van der Waals surface area contributed by atoms with E-state index in [0.717, 1.165) is 0 Å². The monoisotopic (exact) mass is 655 g/mol. The Kier molecular flexibility index (Phi) is 31.9. The first-order chi connectivity index (χ1) is 20.6. The number of guanidine groups is 1. The molecular weight excluding hydrogens is 602 g/mol. The van der Waals surface area contributed by atoms with Gasteiger partial charge in [0, 0.05) is 19.4 Å². The summed E-state index contributed by atoms with van der Waals surface area (Å²) in [5.74, 6) is -5.34. The minimum Gasteiger partial charge on any atom is -0.481 e. The molecule has 19 heteroatoms. The third-order valence-electron chi connectivity index (χ3n) is 5.27. The van der Waals surface area contributed by atoms with E-state index < -0.39 is 60.0 Å². The maximum atomic E-state index is 10.2. The fourth-order valence-corrected chi connectivity index (χ4v) is 2.78. The molecule has 0 aliphatic rings. The van der Waals surface area contributed by atoms with Crippen molar-refractivity contribution in [3.8, 4) is 0 Å². The van der Waals surface area contributed by atoms with Gasteiger partial charge in [0.2, 0.25) is 0 Å². The Bertz CT molecular complexity index is 862. The summed E-state index contributed by atoms with van der Waals surface area (Å²) in [6.07, 6.45) is 4.38. The van der Waals surface area contributed by atoms with Crippen molar-refractivity contribution in [2.75, 3.05) is 6.54 Å². The maximum absolute atomic E-state index is 10.2. The predicted octanol–water partition coefficient (Wildman–Crippen LogP) is -1.02. The molecule has 0 spiro atoms. The standard InChI is InChI=1S/2C7H13NO4.C6H14N4O2.C6H13NO2/c2*8-5(7(11)12)3-1-2-4-6(9)10;7-4(5(11)12)2-1-3-10-6(8)9;1-4(2)3-5(7)6(8)9/h2*5H,1-4,8H2,(H,9,10)(H,11,12);4H,1-3,7H2,(H,11,12)(H4,8,9,10);4-5H,3,7H2,1-2H3,(H,8,9)/t2*5-;4-;5-/m1000/s1. The zero-order valence-corrected chi connectivity index (χ0v) is 25.9. The van der Waals surface area contributed by atoms with Crippen LogP contribution in [0.15, 0.2) is 4.99 Å². The normalized spacial score (nSPS) is 12.6. The number of carboxylic acid groups (broad SMARTS) is 6. The van der Waals surface area contributed by atoms with Crippen molar-refractivity contribution in [1.29, 1.82) is 0 Å². The van der Waals surface area contributed by atoms with Crippen LogP contribution in [0, 0.1) is 5.92 Å². The molecule has 0 heterocycles. The van der Waals surface area contributed by atoms with Crippen molar-refractivity contribution in [1.82, 2.24) is 0 Å². The van der Waals surface area contributed by atoms with E-state index in [-0.39, 0.29) is 18.8 Å². The van der Waals surface area contributed by atoms with Crippen molar-refractivity contribution in [2.45, 2.75) is 109 Å². The summed E-state index contributed by atoms with van der Waals surface area (Å²) in [6.45, 7) is 4.31. The number of unbranched alkanes of at least 4 members (excludes halogenated alkanes) is 2. The van der Waals surface area contributed by atoms with Gasteiger partial charge in [-0.15, -0.1) is 0 Å². The molecule has 0 saturated carbocycles. The number of nitrogens with zero attached hydrogens (tertiary/aromatic N) is 1. The van der Waals surface area contributed by atoms with E-state index in [0.29, 0.717) is 70.3 Å². The summed E-state index contributed by atoms with van der Waals surface area (Å²) in [6, 6.07) is -3.23. The number of carbonyl (C=O) groups is 6. The molecule has 0 aliphatic heterocycles. The number of aliphatic imine (C=N–C) groups is 1. The van der Waals surface area contributed by atoms with E-state index in [4.69, 9.17) is 65.0 Å². The summed E-state index contributed by atoms with van der Waals surface area (Å²) in [5, 5.41) is 49.9. The SMILES string of the molecule is CC(C)C[C@H](N)C(=O)O.NC(N)=NCCC[C@H](N)C(=O)O.N[C@@H](CCCCC(=O)O)C(=O)O.N[C@H](CCCCC(=O)O)C(=O)O. The number of rotatable bonds is 20. The van der Waals surface area contributed by atoms with Crippen molar-refractivity contribution in [2.24, 2.45) is 45.3 Å². The van der Waals surface area contributed by atoms with Crippen LogP contribution in [0.1, 0.15) is 84.5 Å². The Balaban J connectivity index is -0.000000251. The Morgan fingerprint density at radius 1 is 0.533 bits per heavy atom. The molecular formula is C26H53N7O12.